The highest BCUT2D eigenvalue weighted by Crippen LogP contribution is 2.24. The Morgan fingerprint density at radius 2 is 2.19 bits per heavy atom. The Balaban J connectivity index is 1.99. The van der Waals surface area contributed by atoms with Gasteiger partial charge in [-0.15, -0.1) is 10.2 Å². The SMILES string of the molecule is Cc1ccc(-c2nnco2)cc1NC(=O)CCCCCN. The first-order valence-corrected chi connectivity index (χ1v) is 7.08. The summed E-state index contributed by atoms with van der Waals surface area (Å²) in [4.78, 5) is 11.9. The van der Waals surface area contributed by atoms with Gasteiger partial charge in [0.25, 0.3) is 0 Å². The van der Waals surface area contributed by atoms with Gasteiger partial charge in [0.1, 0.15) is 0 Å². The summed E-state index contributed by atoms with van der Waals surface area (Å²) in [6.45, 7) is 2.62. The minimum atomic E-state index is 0.0119. The summed E-state index contributed by atoms with van der Waals surface area (Å²) in [5.74, 6) is 0.450. The van der Waals surface area contributed by atoms with Gasteiger partial charge in [0.15, 0.2) is 0 Å². The van der Waals surface area contributed by atoms with E-state index in [1.165, 1.54) is 6.39 Å². The quantitative estimate of drug-likeness (QED) is 0.763. The maximum atomic E-state index is 11.9. The van der Waals surface area contributed by atoms with Gasteiger partial charge in [-0.1, -0.05) is 12.5 Å². The molecular formula is C15H20N4O2. The second-order valence-corrected chi connectivity index (χ2v) is 4.92. The number of amides is 1. The molecular weight excluding hydrogens is 268 g/mol. The van der Waals surface area contributed by atoms with E-state index in [4.69, 9.17) is 10.2 Å². The number of hydrogen-bond donors (Lipinski definition) is 2. The van der Waals surface area contributed by atoms with Crippen molar-refractivity contribution in [2.75, 3.05) is 11.9 Å². The molecule has 0 spiro atoms. The Hall–Kier alpha value is -2.21. The number of nitrogens with zero attached hydrogens (tertiary/aromatic N) is 2. The van der Waals surface area contributed by atoms with Gasteiger partial charge in [-0.05, 0) is 44.0 Å². The molecule has 0 fully saturated rings. The molecule has 112 valence electrons. The number of aromatic nitrogens is 2. The largest absolute Gasteiger partial charge is 0.423 e. The van der Waals surface area contributed by atoms with Crippen LogP contribution in [0.15, 0.2) is 29.0 Å². The predicted octanol–water partition coefficient (Wildman–Crippen LogP) is 2.50. The van der Waals surface area contributed by atoms with Crippen molar-refractivity contribution in [3.8, 4) is 11.5 Å². The lowest BCUT2D eigenvalue weighted by Gasteiger charge is -2.09. The molecule has 3 N–H and O–H groups in total. The molecule has 0 aliphatic rings. The highest BCUT2D eigenvalue weighted by atomic mass is 16.4. The van der Waals surface area contributed by atoms with Crippen molar-refractivity contribution in [1.82, 2.24) is 10.2 Å². The molecule has 0 saturated carbocycles. The van der Waals surface area contributed by atoms with E-state index in [1.807, 2.05) is 25.1 Å². The van der Waals surface area contributed by atoms with Crippen LogP contribution in [0.2, 0.25) is 0 Å². The van der Waals surface area contributed by atoms with Gasteiger partial charge >= 0.3 is 0 Å². The fourth-order valence-corrected chi connectivity index (χ4v) is 2.01. The van der Waals surface area contributed by atoms with E-state index in [0.29, 0.717) is 18.9 Å². The number of carbonyl (C=O) groups excluding carboxylic acids is 1. The Morgan fingerprint density at radius 3 is 2.90 bits per heavy atom. The molecule has 0 aliphatic carbocycles. The van der Waals surface area contributed by atoms with Gasteiger partial charge in [0, 0.05) is 17.7 Å². The smallest absolute Gasteiger partial charge is 0.247 e. The normalized spacial score (nSPS) is 10.6. The van der Waals surface area contributed by atoms with Crippen LogP contribution in [0.4, 0.5) is 5.69 Å². The zero-order chi connectivity index (χ0) is 15.1. The zero-order valence-corrected chi connectivity index (χ0v) is 12.1. The molecule has 6 heteroatoms. The van der Waals surface area contributed by atoms with Crippen LogP contribution in [0.25, 0.3) is 11.5 Å². The third kappa shape index (κ3) is 4.39. The summed E-state index contributed by atoms with van der Waals surface area (Å²) in [7, 11) is 0. The maximum absolute atomic E-state index is 11.9. The molecule has 1 amide bonds. The van der Waals surface area contributed by atoms with E-state index in [2.05, 4.69) is 15.5 Å². The number of rotatable bonds is 7. The minimum Gasteiger partial charge on any atom is -0.423 e. The number of benzene rings is 1. The fraction of sp³-hybridized carbons (Fsp3) is 0.400. The van der Waals surface area contributed by atoms with E-state index >= 15 is 0 Å². The Morgan fingerprint density at radius 1 is 1.33 bits per heavy atom. The molecule has 21 heavy (non-hydrogen) atoms. The number of nitrogens with two attached hydrogens (primary N) is 1. The first-order chi connectivity index (χ1) is 10.2. The van der Waals surface area contributed by atoms with E-state index < -0.39 is 0 Å². The van der Waals surface area contributed by atoms with Crippen LogP contribution in [0.1, 0.15) is 31.2 Å². The van der Waals surface area contributed by atoms with Crippen LogP contribution in [-0.4, -0.2) is 22.6 Å². The standard InChI is InChI=1S/C15H20N4O2/c1-11-6-7-12(15-19-17-10-21-15)9-13(11)18-14(20)5-3-2-4-8-16/h6-7,9-10H,2-5,8,16H2,1H3,(H,18,20). The summed E-state index contributed by atoms with van der Waals surface area (Å²) in [5.41, 5.74) is 7.99. The second kappa shape index (κ2) is 7.54. The molecule has 1 aromatic heterocycles. The molecule has 2 aromatic rings. The number of anilines is 1. The van der Waals surface area contributed by atoms with Crippen molar-refractivity contribution in [2.45, 2.75) is 32.6 Å². The third-order valence-corrected chi connectivity index (χ3v) is 3.23. The molecule has 1 heterocycles. The van der Waals surface area contributed by atoms with Gasteiger partial charge < -0.3 is 15.5 Å². The average Bonchev–Trinajstić information content (AvgIpc) is 3.00. The predicted molar refractivity (Wildman–Crippen MR) is 80.6 cm³/mol. The molecule has 1 aromatic carbocycles. The number of carbonyl (C=O) groups is 1. The first kappa shape index (κ1) is 15.2. The van der Waals surface area contributed by atoms with Gasteiger partial charge in [-0.25, -0.2) is 0 Å². The fourth-order valence-electron chi connectivity index (χ4n) is 2.01. The molecule has 0 aliphatic heterocycles. The maximum Gasteiger partial charge on any atom is 0.247 e. The van der Waals surface area contributed by atoms with E-state index in [0.717, 1.165) is 36.1 Å². The van der Waals surface area contributed by atoms with E-state index in [9.17, 15) is 4.79 Å². The number of hydrogen-bond acceptors (Lipinski definition) is 5. The number of aryl methyl sites for hydroxylation is 1. The topological polar surface area (TPSA) is 94.0 Å². The highest BCUT2D eigenvalue weighted by molar-refractivity contribution is 5.92. The van der Waals surface area contributed by atoms with Crippen LogP contribution in [0.3, 0.4) is 0 Å². The van der Waals surface area contributed by atoms with Crippen LogP contribution < -0.4 is 11.1 Å². The van der Waals surface area contributed by atoms with E-state index in [-0.39, 0.29) is 5.91 Å². The molecule has 6 nitrogen and oxygen atoms in total. The van der Waals surface area contributed by atoms with Crippen LogP contribution in [-0.2, 0) is 4.79 Å². The highest BCUT2D eigenvalue weighted by Gasteiger charge is 2.09. The summed E-state index contributed by atoms with van der Waals surface area (Å²) in [6.07, 6.45) is 4.57. The van der Waals surface area contributed by atoms with Crippen molar-refractivity contribution in [2.24, 2.45) is 5.73 Å². The molecule has 0 bridgehead atoms. The van der Waals surface area contributed by atoms with Crippen molar-refractivity contribution in [1.29, 1.82) is 0 Å². The first-order valence-electron chi connectivity index (χ1n) is 7.08. The summed E-state index contributed by atoms with van der Waals surface area (Å²) in [6, 6.07) is 5.66. The van der Waals surface area contributed by atoms with Crippen LogP contribution in [0, 0.1) is 6.92 Å². The zero-order valence-electron chi connectivity index (χ0n) is 12.1. The molecule has 0 atom stereocenters. The molecule has 0 radical (unpaired) electrons. The number of nitrogens with one attached hydrogen (secondary N) is 1. The summed E-state index contributed by atoms with van der Waals surface area (Å²) in [5, 5.41) is 10.5. The molecule has 2 rings (SSSR count). The van der Waals surface area contributed by atoms with Gasteiger partial charge in [-0.2, -0.15) is 0 Å². The monoisotopic (exact) mass is 288 g/mol. The average molecular weight is 288 g/mol. The van der Waals surface area contributed by atoms with Crippen LogP contribution in [0.5, 0.6) is 0 Å². The third-order valence-electron chi connectivity index (χ3n) is 3.23. The summed E-state index contributed by atoms with van der Waals surface area (Å²) < 4.78 is 5.16. The second-order valence-electron chi connectivity index (χ2n) is 4.92. The minimum absolute atomic E-state index is 0.0119. The van der Waals surface area contributed by atoms with Crippen molar-refractivity contribution in [3.63, 3.8) is 0 Å². The van der Waals surface area contributed by atoms with Crippen LogP contribution >= 0.6 is 0 Å². The summed E-state index contributed by atoms with van der Waals surface area (Å²) >= 11 is 0. The Labute approximate surface area is 123 Å². The van der Waals surface area contributed by atoms with Gasteiger partial charge in [0.05, 0.1) is 0 Å². The Kier molecular flexibility index (Phi) is 5.45. The lowest BCUT2D eigenvalue weighted by Crippen LogP contribution is -2.12. The number of unbranched alkanes of at least 4 members (excludes halogenated alkanes) is 2. The molecule has 0 unspecified atom stereocenters. The van der Waals surface area contributed by atoms with Crippen molar-refractivity contribution < 1.29 is 9.21 Å². The lowest BCUT2D eigenvalue weighted by atomic mass is 10.1. The van der Waals surface area contributed by atoms with E-state index in [1.54, 1.807) is 0 Å². The lowest BCUT2D eigenvalue weighted by molar-refractivity contribution is -0.116. The van der Waals surface area contributed by atoms with Gasteiger partial charge in [0.2, 0.25) is 18.2 Å². The Bertz CT molecular complexity index is 581. The van der Waals surface area contributed by atoms with Gasteiger partial charge in [-0.3, -0.25) is 4.79 Å². The molecule has 0 saturated heterocycles. The van der Waals surface area contributed by atoms with Crippen molar-refractivity contribution >= 4 is 11.6 Å². The van der Waals surface area contributed by atoms with Crippen molar-refractivity contribution in [3.05, 3.63) is 30.2 Å².